The summed E-state index contributed by atoms with van der Waals surface area (Å²) in [5.74, 6) is 0. The Balaban J connectivity index is 1.24. The van der Waals surface area contributed by atoms with Crippen molar-refractivity contribution in [3.8, 4) is 38.6 Å². The molecular weight excluding hydrogens is 448 g/mol. The predicted octanol–water partition coefficient (Wildman–Crippen LogP) is 7.52. The molecule has 0 saturated heterocycles. The highest BCUT2D eigenvalue weighted by molar-refractivity contribution is 7.13. The molecule has 7 rings (SSSR count). The molecule has 0 saturated carbocycles. The molecule has 168 valence electrons. The lowest BCUT2D eigenvalue weighted by molar-refractivity contribution is 0.660. The van der Waals surface area contributed by atoms with Gasteiger partial charge in [0.15, 0.2) is 0 Å². The number of aromatic nitrogens is 4. The number of rotatable bonds is 3. The van der Waals surface area contributed by atoms with Crippen molar-refractivity contribution in [3.63, 3.8) is 0 Å². The number of benzene rings is 3. The van der Waals surface area contributed by atoms with Gasteiger partial charge in [-0.05, 0) is 45.8 Å². The molecule has 0 spiro atoms. The summed E-state index contributed by atoms with van der Waals surface area (Å²) in [5, 5.41) is 14.5. The summed E-state index contributed by atoms with van der Waals surface area (Å²) in [4.78, 5) is 4.66. The highest BCUT2D eigenvalue weighted by atomic mass is 32.1. The second kappa shape index (κ2) is 7.45. The lowest BCUT2D eigenvalue weighted by Crippen LogP contribution is -2.14. The molecule has 0 bridgehead atoms. The number of hydrogen-bond donors (Lipinski definition) is 0. The zero-order chi connectivity index (χ0) is 23.6. The third-order valence-electron chi connectivity index (χ3n) is 7.13. The molecule has 6 aromatic rings. The Kier molecular flexibility index (Phi) is 4.32. The van der Waals surface area contributed by atoms with Gasteiger partial charge in [-0.1, -0.05) is 79.7 Å². The topological polar surface area (TPSA) is 43.6 Å². The first kappa shape index (κ1) is 20.3. The van der Waals surface area contributed by atoms with Crippen molar-refractivity contribution in [1.29, 1.82) is 0 Å². The quantitative estimate of drug-likeness (QED) is 0.269. The Hall–Kier alpha value is -4.09. The second-order valence-electron chi connectivity index (χ2n) is 9.53. The van der Waals surface area contributed by atoms with E-state index >= 15 is 0 Å². The van der Waals surface area contributed by atoms with E-state index in [1.807, 2.05) is 23.1 Å². The summed E-state index contributed by atoms with van der Waals surface area (Å²) in [6.07, 6.45) is 3.89. The molecule has 3 aromatic carbocycles. The fourth-order valence-corrected chi connectivity index (χ4v) is 6.11. The van der Waals surface area contributed by atoms with Gasteiger partial charge in [-0.15, -0.1) is 16.4 Å². The number of hydrogen-bond acceptors (Lipinski definition) is 4. The van der Waals surface area contributed by atoms with Crippen molar-refractivity contribution in [2.45, 2.75) is 19.3 Å². The standard InChI is InChI=1S/C30H22N4S/c1-30(2)25-10-6-5-9-23(25)24-12-11-20(15-26(24)30)27-17-34(33-32-27)28-16-21(18-35-28)29-22-8-4-3-7-19(22)13-14-31-29/h3-18H,1-2H3. The van der Waals surface area contributed by atoms with Gasteiger partial charge < -0.3 is 0 Å². The van der Waals surface area contributed by atoms with Gasteiger partial charge >= 0.3 is 0 Å². The Morgan fingerprint density at radius 2 is 1.63 bits per heavy atom. The molecule has 0 unspecified atom stereocenters. The minimum absolute atomic E-state index is 0.0357. The molecule has 1 aliphatic carbocycles. The molecule has 35 heavy (non-hydrogen) atoms. The van der Waals surface area contributed by atoms with Crippen molar-refractivity contribution >= 4 is 22.1 Å². The van der Waals surface area contributed by atoms with E-state index in [4.69, 9.17) is 0 Å². The van der Waals surface area contributed by atoms with E-state index in [0.29, 0.717) is 0 Å². The molecule has 0 amide bonds. The summed E-state index contributed by atoms with van der Waals surface area (Å²) in [5.41, 5.74) is 9.37. The van der Waals surface area contributed by atoms with Crippen molar-refractivity contribution in [1.82, 2.24) is 20.0 Å². The van der Waals surface area contributed by atoms with Gasteiger partial charge in [0, 0.05) is 33.5 Å². The Labute approximate surface area is 207 Å². The van der Waals surface area contributed by atoms with Crippen LogP contribution in [0.2, 0.25) is 0 Å². The van der Waals surface area contributed by atoms with Gasteiger partial charge in [-0.2, -0.15) is 0 Å². The average Bonchev–Trinajstić information content (AvgIpc) is 3.62. The number of fused-ring (bicyclic) bond motifs is 4. The Morgan fingerprint density at radius 3 is 2.57 bits per heavy atom. The maximum Gasteiger partial charge on any atom is 0.120 e. The second-order valence-corrected chi connectivity index (χ2v) is 10.4. The maximum absolute atomic E-state index is 4.66. The van der Waals surface area contributed by atoms with Crippen LogP contribution in [0.25, 0.3) is 49.4 Å². The Bertz CT molecular complexity index is 1740. The van der Waals surface area contributed by atoms with Crippen molar-refractivity contribution < 1.29 is 0 Å². The first-order chi connectivity index (χ1) is 17.1. The molecule has 4 nitrogen and oxygen atoms in total. The third-order valence-corrected chi connectivity index (χ3v) is 8.05. The molecule has 0 N–H and O–H groups in total. The van der Waals surface area contributed by atoms with Crippen LogP contribution in [0, 0.1) is 0 Å². The van der Waals surface area contributed by atoms with Gasteiger partial charge in [-0.25, -0.2) is 4.68 Å². The third kappa shape index (κ3) is 3.08. The average molecular weight is 471 g/mol. The monoisotopic (exact) mass is 470 g/mol. The van der Waals surface area contributed by atoms with E-state index in [2.05, 4.69) is 107 Å². The van der Waals surface area contributed by atoms with Crippen LogP contribution in [0.3, 0.4) is 0 Å². The van der Waals surface area contributed by atoms with Crippen molar-refractivity contribution in [2.75, 3.05) is 0 Å². The smallest absolute Gasteiger partial charge is 0.120 e. The fourth-order valence-electron chi connectivity index (χ4n) is 5.29. The molecule has 3 aromatic heterocycles. The van der Waals surface area contributed by atoms with Crippen LogP contribution in [-0.2, 0) is 5.41 Å². The number of thiophene rings is 1. The van der Waals surface area contributed by atoms with Crippen LogP contribution in [-0.4, -0.2) is 20.0 Å². The minimum atomic E-state index is -0.0357. The fraction of sp³-hybridized carbons (Fsp3) is 0.100. The van der Waals surface area contributed by atoms with Crippen molar-refractivity contribution in [2.24, 2.45) is 0 Å². The van der Waals surface area contributed by atoms with Crippen LogP contribution in [0.1, 0.15) is 25.0 Å². The molecule has 0 atom stereocenters. The van der Waals surface area contributed by atoms with Gasteiger partial charge in [0.25, 0.3) is 0 Å². The van der Waals surface area contributed by atoms with Gasteiger partial charge in [0.05, 0.1) is 11.9 Å². The normalized spacial score (nSPS) is 13.7. The SMILES string of the molecule is CC1(C)c2ccccc2-c2ccc(-c3cn(-c4cc(-c5nccc6ccccc56)cs4)nn3)cc21. The summed E-state index contributed by atoms with van der Waals surface area (Å²) in [6.45, 7) is 4.60. The highest BCUT2D eigenvalue weighted by Gasteiger charge is 2.35. The van der Waals surface area contributed by atoms with Gasteiger partial charge in [-0.3, -0.25) is 4.98 Å². The first-order valence-electron chi connectivity index (χ1n) is 11.7. The summed E-state index contributed by atoms with van der Waals surface area (Å²) < 4.78 is 1.86. The Morgan fingerprint density at radius 1 is 0.800 bits per heavy atom. The highest BCUT2D eigenvalue weighted by Crippen LogP contribution is 2.49. The van der Waals surface area contributed by atoms with Crippen LogP contribution < -0.4 is 0 Å². The molecule has 0 fully saturated rings. The maximum atomic E-state index is 4.66. The van der Waals surface area contributed by atoms with E-state index in [-0.39, 0.29) is 5.41 Å². The minimum Gasteiger partial charge on any atom is -0.256 e. The van der Waals surface area contributed by atoms with Crippen LogP contribution >= 0.6 is 11.3 Å². The summed E-state index contributed by atoms with van der Waals surface area (Å²) in [6, 6.07) is 27.9. The van der Waals surface area contributed by atoms with Crippen LogP contribution in [0.4, 0.5) is 0 Å². The first-order valence-corrected chi connectivity index (χ1v) is 12.6. The van der Waals surface area contributed by atoms with Crippen molar-refractivity contribution in [3.05, 3.63) is 108 Å². The van der Waals surface area contributed by atoms with Gasteiger partial charge in [0.2, 0.25) is 0 Å². The van der Waals surface area contributed by atoms with Crippen LogP contribution in [0.5, 0.6) is 0 Å². The summed E-state index contributed by atoms with van der Waals surface area (Å²) >= 11 is 1.65. The molecular formula is C30H22N4S. The zero-order valence-corrected chi connectivity index (χ0v) is 20.3. The van der Waals surface area contributed by atoms with E-state index in [9.17, 15) is 0 Å². The van der Waals surface area contributed by atoms with E-state index in [1.54, 1.807) is 11.3 Å². The largest absolute Gasteiger partial charge is 0.256 e. The van der Waals surface area contributed by atoms with Gasteiger partial charge in [0.1, 0.15) is 10.7 Å². The molecule has 0 radical (unpaired) electrons. The van der Waals surface area contributed by atoms with E-state index < -0.39 is 0 Å². The van der Waals surface area contributed by atoms with E-state index in [1.165, 1.54) is 27.6 Å². The number of pyridine rings is 1. The lowest BCUT2D eigenvalue weighted by Gasteiger charge is -2.21. The number of nitrogens with zero attached hydrogens (tertiary/aromatic N) is 4. The summed E-state index contributed by atoms with van der Waals surface area (Å²) in [7, 11) is 0. The van der Waals surface area contributed by atoms with E-state index in [0.717, 1.165) is 32.9 Å². The molecule has 5 heteroatoms. The lowest BCUT2D eigenvalue weighted by atomic mass is 9.82. The predicted molar refractivity (Wildman–Crippen MR) is 143 cm³/mol. The molecule has 0 aliphatic heterocycles. The molecule has 3 heterocycles. The van der Waals surface area contributed by atoms with Crippen LogP contribution in [0.15, 0.2) is 96.6 Å². The molecule has 1 aliphatic rings. The zero-order valence-electron chi connectivity index (χ0n) is 19.4.